The van der Waals surface area contributed by atoms with Crippen LogP contribution in [0.1, 0.15) is 79.1 Å². The standard InChI is InChI=1S/C20H42O3Si2/c1-9-15-19(16-10-2)21-24(7,13-5)23-25(8,14-6)22-20(17-11-3)18-12-4/h13-14,19-20H,5-6,9-12,15-18H2,1-4,7-8H3. The molecular weight excluding hydrogens is 344 g/mol. The molecule has 0 radical (unpaired) electrons. The Kier molecular flexibility index (Phi) is 12.9. The second-order valence-corrected chi connectivity index (χ2v) is 13.3. The molecule has 3 nitrogen and oxygen atoms in total. The maximum absolute atomic E-state index is 6.57. The van der Waals surface area contributed by atoms with Crippen LogP contribution in [0.2, 0.25) is 13.1 Å². The summed E-state index contributed by atoms with van der Waals surface area (Å²) in [5.41, 5.74) is 3.80. The predicted octanol–water partition coefficient (Wildman–Crippen LogP) is 6.57. The number of rotatable bonds is 16. The second kappa shape index (κ2) is 13.0. The lowest BCUT2D eigenvalue weighted by atomic mass is 10.1. The fraction of sp³-hybridized carbons (Fsp3) is 0.800. The van der Waals surface area contributed by atoms with Crippen molar-refractivity contribution < 1.29 is 13.0 Å². The molecule has 0 aliphatic rings. The summed E-state index contributed by atoms with van der Waals surface area (Å²) >= 11 is 0. The van der Waals surface area contributed by atoms with Crippen molar-refractivity contribution in [3.8, 4) is 0 Å². The van der Waals surface area contributed by atoms with E-state index in [1.54, 1.807) is 0 Å². The van der Waals surface area contributed by atoms with Gasteiger partial charge in [-0.05, 0) is 38.8 Å². The third kappa shape index (κ3) is 9.90. The smallest absolute Gasteiger partial charge is 0.352 e. The highest BCUT2D eigenvalue weighted by Crippen LogP contribution is 2.26. The first-order chi connectivity index (χ1) is 11.8. The normalized spacial score (nSPS) is 16.6. The zero-order valence-electron chi connectivity index (χ0n) is 17.6. The maximum atomic E-state index is 6.57. The molecule has 0 aromatic heterocycles. The molecule has 0 amide bonds. The van der Waals surface area contributed by atoms with Crippen molar-refractivity contribution in [1.29, 1.82) is 0 Å². The van der Waals surface area contributed by atoms with Crippen LogP contribution in [0.4, 0.5) is 0 Å². The van der Waals surface area contributed by atoms with Gasteiger partial charge in [-0.1, -0.05) is 64.8 Å². The number of hydrogen-bond donors (Lipinski definition) is 0. The molecule has 0 saturated heterocycles. The van der Waals surface area contributed by atoms with Gasteiger partial charge in [0.1, 0.15) is 0 Å². The summed E-state index contributed by atoms with van der Waals surface area (Å²) < 4.78 is 19.5. The van der Waals surface area contributed by atoms with E-state index >= 15 is 0 Å². The molecule has 2 unspecified atom stereocenters. The van der Waals surface area contributed by atoms with E-state index in [1.807, 2.05) is 11.4 Å². The molecule has 0 aliphatic heterocycles. The average Bonchev–Trinajstić information content (AvgIpc) is 2.55. The SMILES string of the molecule is C=C[Si](C)(OC(CCC)CCC)O[Si](C)(C=C)OC(CCC)CCC. The van der Waals surface area contributed by atoms with Crippen molar-refractivity contribution in [2.75, 3.05) is 0 Å². The summed E-state index contributed by atoms with van der Waals surface area (Å²) in [4.78, 5) is 0. The van der Waals surface area contributed by atoms with Crippen LogP contribution in [-0.4, -0.2) is 29.3 Å². The van der Waals surface area contributed by atoms with Gasteiger partial charge in [-0.15, -0.1) is 13.2 Å². The Morgan fingerprint density at radius 1 is 0.680 bits per heavy atom. The van der Waals surface area contributed by atoms with Gasteiger partial charge in [0.25, 0.3) is 0 Å². The minimum Gasteiger partial charge on any atom is -0.409 e. The monoisotopic (exact) mass is 386 g/mol. The molecule has 0 aliphatic carbocycles. The fourth-order valence-corrected chi connectivity index (χ4v) is 9.36. The van der Waals surface area contributed by atoms with Crippen molar-refractivity contribution in [2.24, 2.45) is 0 Å². The van der Waals surface area contributed by atoms with E-state index < -0.39 is 17.1 Å². The van der Waals surface area contributed by atoms with Gasteiger partial charge in [0.05, 0.1) is 0 Å². The van der Waals surface area contributed by atoms with E-state index in [4.69, 9.17) is 13.0 Å². The van der Waals surface area contributed by atoms with Gasteiger partial charge in [-0.2, -0.15) is 0 Å². The van der Waals surface area contributed by atoms with Crippen LogP contribution in [0.5, 0.6) is 0 Å². The van der Waals surface area contributed by atoms with Gasteiger partial charge in [-0.3, -0.25) is 0 Å². The third-order valence-corrected chi connectivity index (χ3v) is 10.7. The molecule has 0 aromatic carbocycles. The fourth-order valence-electron chi connectivity index (χ4n) is 3.10. The first-order valence-electron chi connectivity index (χ1n) is 10.1. The van der Waals surface area contributed by atoms with Crippen LogP contribution in [0.25, 0.3) is 0 Å². The summed E-state index contributed by atoms with van der Waals surface area (Å²) in [5.74, 6) is 0. The van der Waals surface area contributed by atoms with Crippen molar-refractivity contribution in [3.05, 3.63) is 24.6 Å². The zero-order chi connectivity index (χ0) is 19.3. The van der Waals surface area contributed by atoms with Crippen LogP contribution < -0.4 is 0 Å². The Bertz CT molecular complexity index is 332. The van der Waals surface area contributed by atoms with Gasteiger partial charge in [0.2, 0.25) is 0 Å². The first-order valence-corrected chi connectivity index (χ1v) is 14.9. The van der Waals surface area contributed by atoms with E-state index in [0.29, 0.717) is 0 Å². The maximum Gasteiger partial charge on any atom is 0.352 e. The molecule has 148 valence electrons. The summed E-state index contributed by atoms with van der Waals surface area (Å²) in [5, 5.41) is 0. The summed E-state index contributed by atoms with van der Waals surface area (Å²) in [7, 11) is -5.00. The lowest BCUT2D eigenvalue weighted by Gasteiger charge is -2.37. The largest absolute Gasteiger partial charge is 0.409 e. The topological polar surface area (TPSA) is 27.7 Å². The number of hydrogen-bond acceptors (Lipinski definition) is 3. The predicted molar refractivity (Wildman–Crippen MR) is 114 cm³/mol. The molecule has 0 rings (SSSR count). The zero-order valence-corrected chi connectivity index (χ0v) is 19.6. The van der Waals surface area contributed by atoms with E-state index in [-0.39, 0.29) is 12.2 Å². The van der Waals surface area contributed by atoms with Crippen molar-refractivity contribution in [3.63, 3.8) is 0 Å². The Hall–Kier alpha value is -0.206. The highest BCUT2D eigenvalue weighted by atomic mass is 28.5. The van der Waals surface area contributed by atoms with Crippen molar-refractivity contribution in [2.45, 2.75) is 104 Å². The van der Waals surface area contributed by atoms with Gasteiger partial charge in [0, 0.05) is 12.2 Å². The first kappa shape index (κ1) is 24.8. The molecule has 0 spiro atoms. The lowest BCUT2D eigenvalue weighted by Crippen LogP contribution is -2.53. The average molecular weight is 387 g/mol. The molecule has 0 saturated carbocycles. The molecule has 0 heterocycles. The Balaban J connectivity index is 5.15. The third-order valence-electron chi connectivity index (χ3n) is 4.39. The summed E-state index contributed by atoms with van der Waals surface area (Å²) in [6.07, 6.45) is 9.23. The molecule has 0 N–H and O–H groups in total. The Morgan fingerprint density at radius 2 is 0.960 bits per heavy atom. The van der Waals surface area contributed by atoms with Gasteiger partial charge >= 0.3 is 17.1 Å². The van der Waals surface area contributed by atoms with Crippen molar-refractivity contribution in [1.82, 2.24) is 0 Å². The van der Waals surface area contributed by atoms with Crippen LogP contribution in [0.3, 0.4) is 0 Å². The van der Waals surface area contributed by atoms with Crippen LogP contribution in [0, 0.1) is 0 Å². The molecule has 0 aromatic rings. The van der Waals surface area contributed by atoms with Crippen LogP contribution in [0.15, 0.2) is 24.6 Å². The molecule has 5 heteroatoms. The van der Waals surface area contributed by atoms with E-state index in [2.05, 4.69) is 53.9 Å². The van der Waals surface area contributed by atoms with Crippen LogP contribution >= 0.6 is 0 Å². The minimum atomic E-state index is -2.50. The second-order valence-electron chi connectivity index (χ2n) is 7.18. The quantitative estimate of drug-likeness (QED) is 0.281. The minimum absolute atomic E-state index is 0.245. The Morgan fingerprint density at radius 3 is 1.16 bits per heavy atom. The highest BCUT2D eigenvalue weighted by Gasteiger charge is 2.42. The highest BCUT2D eigenvalue weighted by molar-refractivity contribution is 6.84. The van der Waals surface area contributed by atoms with E-state index in [0.717, 1.165) is 51.4 Å². The van der Waals surface area contributed by atoms with Crippen molar-refractivity contribution >= 4 is 17.1 Å². The van der Waals surface area contributed by atoms with Gasteiger partial charge in [-0.25, -0.2) is 0 Å². The molecule has 25 heavy (non-hydrogen) atoms. The summed E-state index contributed by atoms with van der Waals surface area (Å²) in [6, 6.07) is 0. The molecule has 2 atom stereocenters. The molecule has 0 fully saturated rings. The van der Waals surface area contributed by atoms with Gasteiger partial charge < -0.3 is 13.0 Å². The van der Waals surface area contributed by atoms with Gasteiger partial charge in [0.15, 0.2) is 0 Å². The summed E-state index contributed by atoms with van der Waals surface area (Å²) in [6.45, 7) is 21.0. The Labute approximate surface area is 159 Å². The van der Waals surface area contributed by atoms with E-state index in [9.17, 15) is 0 Å². The molecular formula is C20H42O3Si2. The van der Waals surface area contributed by atoms with E-state index in [1.165, 1.54) is 0 Å². The lowest BCUT2D eigenvalue weighted by molar-refractivity contribution is 0.107. The molecule has 0 bridgehead atoms. The van der Waals surface area contributed by atoms with Crippen LogP contribution in [-0.2, 0) is 13.0 Å².